The number of aliphatic imine (C=N–C) groups is 1. The fraction of sp³-hybridized carbons (Fsp3) is 0.526. The van der Waals surface area contributed by atoms with Gasteiger partial charge in [-0.3, -0.25) is 0 Å². The summed E-state index contributed by atoms with van der Waals surface area (Å²) in [7, 11) is 1.90. The first-order chi connectivity index (χ1) is 13.0. The van der Waals surface area contributed by atoms with E-state index in [4.69, 9.17) is 0 Å². The van der Waals surface area contributed by atoms with Gasteiger partial charge in [-0.05, 0) is 38.0 Å². The molecule has 0 atom stereocenters. The molecular weight excluding hydrogens is 350 g/mol. The molecule has 1 fully saturated rings. The summed E-state index contributed by atoms with van der Waals surface area (Å²) in [6.45, 7) is 2.39. The Balaban J connectivity index is 1.71. The molecule has 0 aliphatic heterocycles. The number of aryl methyl sites for hydroxylation is 1. The van der Waals surface area contributed by atoms with E-state index in [2.05, 4.69) is 25.8 Å². The smallest absolute Gasteiger partial charge is 0.192 e. The highest BCUT2D eigenvalue weighted by atomic mass is 19.1. The number of rotatable bonds is 5. The first kappa shape index (κ1) is 19.3. The minimum absolute atomic E-state index is 0.0590. The number of aromatic nitrogens is 3. The lowest BCUT2D eigenvalue weighted by Crippen LogP contribution is -2.44. The molecule has 1 aliphatic carbocycles. The van der Waals surface area contributed by atoms with Gasteiger partial charge in [0.05, 0.1) is 13.1 Å². The average molecular weight is 376 g/mol. The molecule has 3 rings (SSSR count). The summed E-state index contributed by atoms with van der Waals surface area (Å²) < 4.78 is 29.2. The molecule has 0 saturated heterocycles. The Morgan fingerprint density at radius 2 is 2.00 bits per heavy atom. The Kier molecular flexibility index (Phi) is 6.36. The standard InChI is InChI=1S/C19H26F2N6/c1-13-25-26-18(27(13)2)12-23-19(24-16-6-4-3-5-7-16)22-11-14-10-15(20)8-9-17(14)21/h8-10,16H,3-7,11-12H2,1-2H3,(H2,22,23,24). The van der Waals surface area contributed by atoms with Crippen molar-refractivity contribution in [1.29, 1.82) is 0 Å². The summed E-state index contributed by atoms with van der Waals surface area (Å²) in [6.07, 6.45) is 5.79. The van der Waals surface area contributed by atoms with Crippen LogP contribution in [0.2, 0.25) is 0 Å². The lowest BCUT2D eigenvalue weighted by Gasteiger charge is -2.25. The van der Waals surface area contributed by atoms with Gasteiger partial charge in [0.2, 0.25) is 0 Å². The first-order valence-electron chi connectivity index (χ1n) is 9.36. The molecule has 0 unspecified atom stereocenters. The van der Waals surface area contributed by atoms with Gasteiger partial charge in [-0.2, -0.15) is 0 Å². The van der Waals surface area contributed by atoms with Crippen LogP contribution in [0.1, 0.15) is 49.3 Å². The summed E-state index contributed by atoms with van der Waals surface area (Å²) >= 11 is 0. The Hall–Kier alpha value is -2.51. The van der Waals surface area contributed by atoms with Crippen LogP contribution < -0.4 is 10.6 Å². The van der Waals surface area contributed by atoms with Crippen LogP contribution in [0.25, 0.3) is 0 Å². The maximum Gasteiger partial charge on any atom is 0.192 e. The Morgan fingerprint density at radius 3 is 2.70 bits per heavy atom. The quantitative estimate of drug-likeness (QED) is 0.622. The van der Waals surface area contributed by atoms with Crippen molar-refractivity contribution in [2.45, 2.75) is 58.2 Å². The van der Waals surface area contributed by atoms with Crippen LogP contribution in [0.3, 0.4) is 0 Å². The number of guanidine groups is 1. The molecule has 1 aromatic carbocycles. The zero-order valence-electron chi connectivity index (χ0n) is 15.8. The molecule has 2 aromatic rings. The molecule has 6 nitrogen and oxygen atoms in total. The van der Waals surface area contributed by atoms with Gasteiger partial charge >= 0.3 is 0 Å². The maximum absolute atomic E-state index is 13.9. The van der Waals surface area contributed by atoms with E-state index in [-0.39, 0.29) is 12.1 Å². The summed E-state index contributed by atoms with van der Waals surface area (Å²) in [5.74, 6) is 1.26. The molecule has 1 saturated carbocycles. The number of nitrogens with one attached hydrogen (secondary N) is 2. The number of benzene rings is 1. The van der Waals surface area contributed by atoms with Crippen LogP contribution in [0.5, 0.6) is 0 Å². The fourth-order valence-corrected chi connectivity index (χ4v) is 3.19. The van der Waals surface area contributed by atoms with Gasteiger partial charge in [-0.1, -0.05) is 19.3 Å². The van der Waals surface area contributed by atoms with Gasteiger partial charge in [0, 0.05) is 18.7 Å². The van der Waals surface area contributed by atoms with Crippen molar-refractivity contribution in [2.75, 3.05) is 0 Å². The molecule has 0 bridgehead atoms. The van der Waals surface area contributed by atoms with Crippen LogP contribution in [-0.2, 0) is 20.1 Å². The molecule has 27 heavy (non-hydrogen) atoms. The number of halogens is 2. The second-order valence-corrected chi connectivity index (χ2v) is 6.96. The van der Waals surface area contributed by atoms with E-state index in [0.29, 0.717) is 18.5 Å². The Labute approximate surface area is 158 Å². The van der Waals surface area contributed by atoms with Crippen molar-refractivity contribution in [3.63, 3.8) is 0 Å². The third kappa shape index (κ3) is 5.24. The van der Waals surface area contributed by atoms with Crippen LogP contribution in [0.4, 0.5) is 8.78 Å². The van der Waals surface area contributed by atoms with Gasteiger partial charge < -0.3 is 15.2 Å². The number of hydrogen-bond donors (Lipinski definition) is 2. The van der Waals surface area contributed by atoms with Gasteiger partial charge in [0.15, 0.2) is 11.8 Å². The van der Waals surface area contributed by atoms with Crippen LogP contribution >= 0.6 is 0 Å². The maximum atomic E-state index is 13.9. The Morgan fingerprint density at radius 1 is 1.22 bits per heavy atom. The minimum atomic E-state index is -0.467. The van der Waals surface area contributed by atoms with Gasteiger partial charge in [-0.25, -0.2) is 13.8 Å². The zero-order chi connectivity index (χ0) is 19.2. The van der Waals surface area contributed by atoms with Crippen LogP contribution in [0.15, 0.2) is 23.2 Å². The molecule has 8 heteroatoms. The average Bonchev–Trinajstić information content (AvgIpc) is 2.99. The van der Waals surface area contributed by atoms with Crippen molar-refractivity contribution in [1.82, 2.24) is 25.4 Å². The zero-order valence-corrected chi connectivity index (χ0v) is 15.8. The summed E-state index contributed by atoms with van der Waals surface area (Å²) in [5.41, 5.74) is 0.231. The van der Waals surface area contributed by atoms with E-state index in [1.165, 1.54) is 25.3 Å². The van der Waals surface area contributed by atoms with Gasteiger partial charge in [-0.15, -0.1) is 10.2 Å². The van der Waals surface area contributed by atoms with E-state index in [1.807, 2.05) is 18.5 Å². The molecule has 0 amide bonds. The topological polar surface area (TPSA) is 67.1 Å². The molecule has 1 heterocycles. The molecule has 1 aliphatic rings. The van der Waals surface area contributed by atoms with Crippen molar-refractivity contribution < 1.29 is 8.78 Å². The first-order valence-corrected chi connectivity index (χ1v) is 9.36. The molecule has 2 N–H and O–H groups in total. The van der Waals surface area contributed by atoms with Crippen molar-refractivity contribution in [2.24, 2.45) is 12.0 Å². The van der Waals surface area contributed by atoms with E-state index >= 15 is 0 Å². The third-order valence-electron chi connectivity index (χ3n) is 4.96. The predicted molar refractivity (Wildman–Crippen MR) is 100 cm³/mol. The monoisotopic (exact) mass is 376 g/mol. The fourth-order valence-electron chi connectivity index (χ4n) is 3.19. The second kappa shape index (κ2) is 8.92. The number of hydrogen-bond acceptors (Lipinski definition) is 3. The summed E-state index contributed by atoms with van der Waals surface area (Å²) in [5, 5.41) is 14.8. The van der Waals surface area contributed by atoms with E-state index in [0.717, 1.165) is 36.6 Å². The highest BCUT2D eigenvalue weighted by Gasteiger charge is 2.15. The predicted octanol–water partition coefficient (Wildman–Crippen LogP) is 2.97. The summed E-state index contributed by atoms with van der Waals surface area (Å²) in [6, 6.07) is 3.76. The SMILES string of the molecule is Cc1nnc(CNC(=NCc2cc(F)ccc2F)NC2CCCCC2)n1C. The van der Waals surface area contributed by atoms with Crippen LogP contribution in [-0.4, -0.2) is 26.8 Å². The minimum Gasteiger partial charge on any atom is -0.354 e. The Bertz CT molecular complexity index is 795. The van der Waals surface area contributed by atoms with Gasteiger partial charge in [0.25, 0.3) is 0 Å². The van der Waals surface area contributed by atoms with E-state index in [1.54, 1.807) is 0 Å². The second-order valence-electron chi connectivity index (χ2n) is 6.96. The lowest BCUT2D eigenvalue weighted by molar-refractivity contribution is 0.409. The van der Waals surface area contributed by atoms with Crippen LogP contribution in [0, 0.1) is 18.6 Å². The van der Waals surface area contributed by atoms with E-state index in [9.17, 15) is 8.78 Å². The molecule has 1 aromatic heterocycles. The molecule has 0 radical (unpaired) electrons. The van der Waals surface area contributed by atoms with E-state index < -0.39 is 11.6 Å². The van der Waals surface area contributed by atoms with Crippen molar-refractivity contribution in [3.8, 4) is 0 Å². The van der Waals surface area contributed by atoms with Crippen molar-refractivity contribution in [3.05, 3.63) is 47.0 Å². The normalized spacial score (nSPS) is 15.8. The summed E-state index contributed by atoms with van der Waals surface area (Å²) in [4.78, 5) is 4.47. The van der Waals surface area contributed by atoms with Crippen molar-refractivity contribution >= 4 is 5.96 Å². The third-order valence-corrected chi connectivity index (χ3v) is 4.96. The molecular formula is C19H26F2N6. The van der Waals surface area contributed by atoms with Gasteiger partial charge in [0.1, 0.15) is 17.5 Å². The lowest BCUT2D eigenvalue weighted by atomic mass is 9.96. The largest absolute Gasteiger partial charge is 0.354 e. The number of nitrogens with zero attached hydrogens (tertiary/aromatic N) is 4. The molecule has 146 valence electrons. The molecule has 0 spiro atoms. The highest BCUT2D eigenvalue weighted by Crippen LogP contribution is 2.17. The highest BCUT2D eigenvalue weighted by molar-refractivity contribution is 5.80.